The van der Waals surface area contributed by atoms with Gasteiger partial charge in [0.25, 0.3) is 0 Å². The lowest BCUT2D eigenvalue weighted by Gasteiger charge is -2.17. The van der Waals surface area contributed by atoms with E-state index in [4.69, 9.17) is 5.73 Å². The second-order valence-corrected chi connectivity index (χ2v) is 5.09. The van der Waals surface area contributed by atoms with Gasteiger partial charge >= 0.3 is 6.03 Å². The third-order valence-corrected chi connectivity index (χ3v) is 3.56. The molecule has 2 amide bonds. The smallest absolute Gasteiger partial charge is 0.322 e. The normalized spacial score (nSPS) is 13.4. The molecule has 3 rings (SSSR count). The molecule has 2 heterocycles. The van der Waals surface area contributed by atoms with Crippen molar-refractivity contribution in [1.82, 2.24) is 14.7 Å². The summed E-state index contributed by atoms with van der Waals surface area (Å²) in [5, 5.41) is 7.19. The van der Waals surface area contributed by atoms with E-state index in [0.29, 0.717) is 18.9 Å². The molecule has 6 heteroatoms. The Kier molecular flexibility index (Phi) is 2.85. The lowest BCUT2D eigenvalue weighted by atomic mass is 10.2. The summed E-state index contributed by atoms with van der Waals surface area (Å²) in [5.41, 5.74) is 9.71. The zero-order valence-electron chi connectivity index (χ0n) is 11.6. The van der Waals surface area contributed by atoms with E-state index in [1.54, 1.807) is 9.58 Å². The van der Waals surface area contributed by atoms with E-state index in [1.807, 2.05) is 38.2 Å². The number of urea groups is 1. The van der Waals surface area contributed by atoms with Gasteiger partial charge in [-0.05, 0) is 19.1 Å². The average Bonchev–Trinajstić information content (AvgIpc) is 2.94. The van der Waals surface area contributed by atoms with Crippen molar-refractivity contribution >= 4 is 17.5 Å². The van der Waals surface area contributed by atoms with Gasteiger partial charge in [-0.15, -0.1) is 0 Å². The number of aryl methyl sites for hydroxylation is 2. The summed E-state index contributed by atoms with van der Waals surface area (Å²) >= 11 is 0. The highest BCUT2D eigenvalue weighted by molar-refractivity contribution is 5.89. The highest BCUT2D eigenvalue weighted by atomic mass is 16.2. The van der Waals surface area contributed by atoms with Crippen LogP contribution in [0.25, 0.3) is 0 Å². The SMILES string of the molecule is Cc1ccc(NC(=O)N2Cc3nn(C)c(N)c3C2)cc1. The minimum atomic E-state index is -0.131. The van der Waals surface area contributed by atoms with Gasteiger partial charge in [0.1, 0.15) is 5.82 Å². The van der Waals surface area contributed by atoms with E-state index in [1.165, 1.54) is 0 Å². The Morgan fingerprint density at radius 1 is 1.30 bits per heavy atom. The van der Waals surface area contributed by atoms with Gasteiger partial charge in [-0.2, -0.15) is 5.10 Å². The molecular formula is C14H17N5O. The Balaban J connectivity index is 1.69. The predicted octanol–water partition coefficient (Wildman–Crippen LogP) is 1.86. The summed E-state index contributed by atoms with van der Waals surface area (Å²) in [7, 11) is 1.81. The molecule has 0 saturated heterocycles. The minimum absolute atomic E-state index is 0.131. The van der Waals surface area contributed by atoms with Crippen LogP contribution < -0.4 is 11.1 Å². The standard InChI is InChI=1S/C14H17N5O/c1-9-3-5-10(6-4-9)16-14(20)19-7-11-12(8-19)17-18(2)13(11)15/h3-6H,7-8,15H2,1-2H3,(H,16,20). The summed E-state index contributed by atoms with van der Waals surface area (Å²) in [4.78, 5) is 13.9. The highest BCUT2D eigenvalue weighted by Gasteiger charge is 2.28. The van der Waals surface area contributed by atoms with E-state index in [9.17, 15) is 4.79 Å². The maximum absolute atomic E-state index is 12.2. The van der Waals surface area contributed by atoms with Crippen molar-refractivity contribution in [3.05, 3.63) is 41.1 Å². The van der Waals surface area contributed by atoms with E-state index in [-0.39, 0.29) is 6.03 Å². The zero-order valence-corrected chi connectivity index (χ0v) is 11.6. The maximum atomic E-state index is 12.2. The van der Waals surface area contributed by atoms with Crippen LogP contribution in [0.1, 0.15) is 16.8 Å². The number of carbonyl (C=O) groups is 1. The fourth-order valence-electron chi connectivity index (χ4n) is 2.35. The van der Waals surface area contributed by atoms with Crippen LogP contribution in [-0.2, 0) is 20.1 Å². The first-order valence-corrected chi connectivity index (χ1v) is 6.47. The molecule has 3 N–H and O–H groups in total. The molecule has 0 unspecified atom stereocenters. The molecule has 0 atom stereocenters. The average molecular weight is 271 g/mol. The zero-order chi connectivity index (χ0) is 14.3. The molecule has 0 radical (unpaired) electrons. The fourth-order valence-corrected chi connectivity index (χ4v) is 2.35. The number of nitrogens with one attached hydrogen (secondary N) is 1. The first-order valence-electron chi connectivity index (χ1n) is 6.47. The number of hydrogen-bond acceptors (Lipinski definition) is 3. The molecule has 0 saturated carbocycles. The van der Waals surface area contributed by atoms with Crippen LogP contribution in [0.2, 0.25) is 0 Å². The minimum Gasteiger partial charge on any atom is -0.384 e. The molecule has 0 bridgehead atoms. The van der Waals surface area contributed by atoms with Crippen molar-refractivity contribution in [2.75, 3.05) is 11.1 Å². The molecule has 2 aromatic rings. The van der Waals surface area contributed by atoms with Crippen LogP contribution >= 0.6 is 0 Å². The molecule has 0 fully saturated rings. The van der Waals surface area contributed by atoms with Crippen LogP contribution in [0, 0.1) is 6.92 Å². The second kappa shape index (κ2) is 4.56. The van der Waals surface area contributed by atoms with Crippen LogP contribution in [0.5, 0.6) is 0 Å². The van der Waals surface area contributed by atoms with Crippen molar-refractivity contribution in [3.8, 4) is 0 Å². The Hall–Kier alpha value is -2.50. The Morgan fingerprint density at radius 3 is 2.65 bits per heavy atom. The summed E-state index contributed by atoms with van der Waals surface area (Å²) < 4.78 is 1.65. The highest BCUT2D eigenvalue weighted by Crippen LogP contribution is 2.27. The van der Waals surface area contributed by atoms with Crippen molar-refractivity contribution in [3.63, 3.8) is 0 Å². The summed E-state index contributed by atoms with van der Waals surface area (Å²) in [6.45, 7) is 3.02. The van der Waals surface area contributed by atoms with E-state index < -0.39 is 0 Å². The molecule has 104 valence electrons. The number of anilines is 2. The molecule has 1 aromatic heterocycles. The molecule has 0 spiro atoms. The van der Waals surface area contributed by atoms with Gasteiger partial charge in [0.15, 0.2) is 0 Å². The number of nitrogen functional groups attached to an aromatic ring is 1. The first-order chi connectivity index (χ1) is 9.54. The van der Waals surface area contributed by atoms with Gasteiger partial charge in [-0.25, -0.2) is 4.79 Å². The number of nitrogens with zero attached hydrogens (tertiary/aromatic N) is 3. The third-order valence-electron chi connectivity index (χ3n) is 3.56. The summed E-state index contributed by atoms with van der Waals surface area (Å²) in [6, 6.07) is 7.59. The van der Waals surface area contributed by atoms with Gasteiger partial charge in [-0.3, -0.25) is 4.68 Å². The molecule has 1 aliphatic heterocycles. The van der Waals surface area contributed by atoms with Gasteiger partial charge in [-0.1, -0.05) is 17.7 Å². The number of benzene rings is 1. The Bertz CT molecular complexity index is 659. The quantitative estimate of drug-likeness (QED) is 0.831. The Labute approximate surface area is 117 Å². The van der Waals surface area contributed by atoms with E-state index in [2.05, 4.69) is 10.4 Å². The fraction of sp³-hybridized carbons (Fsp3) is 0.286. The Morgan fingerprint density at radius 2 is 2.00 bits per heavy atom. The topological polar surface area (TPSA) is 76.2 Å². The number of aromatic nitrogens is 2. The number of rotatable bonds is 1. The van der Waals surface area contributed by atoms with Gasteiger partial charge in [0.2, 0.25) is 0 Å². The largest absolute Gasteiger partial charge is 0.384 e. The van der Waals surface area contributed by atoms with Gasteiger partial charge < -0.3 is 16.0 Å². The van der Waals surface area contributed by atoms with Gasteiger partial charge in [0.05, 0.1) is 18.8 Å². The molecule has 20 heavy (non-hydrogen) atoms. The summed E-state index contributed by atoms with van der Waals surface area (Å²) in [6.07, 6.45) is 0. The molecule has 1 aliphatic rings. The van der Waals surface area contributed by atoms with Crippen molar-refractivity contribution in [2.24, 2.45) is 7.05 Å². The van der Waals surface area contributed by atoms with E-state index in [0.717, 1.165) is 22.5 Å². The van der Waals surface area contributed by atoms with Crippen LogP contribution in [0.4, 0.5) is 16.3 Å². The lowest BCUT2D eigenvalue weighted by molar-refractivity contribution is 0.212. The first kappa shape index (κ1) is 12.5. The molecule has 1 aromatic carbocycles. The van der Waals surface area contributed by atoms with Crippen LogP contribution in [0.15, 0.2) is 24.3 Å². The number of fused-ring (bicyclic) bond motifs is 1. The second-order valence-electron chi connectivity index (χ2n) is 5.09. The molecule has 0 aliphatic carbocycles. The molecule has 6 nitrogen and oxygen atoms in total. The van der Waals surface area contributed by atoms with E-state index >= 15 is 0 Å². The predicted molar refractivity (Wildman–Crippen MR) is 77.1 cm³/mol. The van der Waals surface area contributed by atoms with Crippen molar-refractivity contribution in [1.29, 1.82) is 0 Å². The summed E-state index contributed by atoms with van der Waals surface area (Å²) in [5.74, 6) is 0.630. The van der Waals surface area contributed by atoms with Crippen LogP contribution in [-0.4, -0.2) is 20.7 Å². The number of carbonyl (C=O) groups excluding carboxylic acids is 1. The van der Waals surface area contributed by atoms with Crippen LogP contribution in [0.3, 0.4) is 0 Å². The maximum Gasteiger partial charge on any atom is 0.322 e. The number of hydrogen-bond donors (Lipinski definition) is 2. The molecular weight excluding hydrogens is 254 g/mol. The van der Waals surface area contributed by atoms with Crippen molar-refractivity contribution < 1.29 is 4.79 Å². The monoisotopic (exact) mass is 271 g/mol. The third kappa shape index (κ3) is 2.09. The lowest BCUT2D eigenvalue weighted by Crippen LogP contribution is -2.30. The number of nitrogens with two attached hydrogens (primary N) is 1. The van der Waals surface area contributed by atoms with Gasteiger partial charge in [0, 0.05) is 18.3 Å². The van der Waals surface area contributed by atoms with Crippen molar-refractivity contribution in [2.45, 2.75) is 20.0 Å². The number of amides is 2.